The number of hydrogen-bond acceptors (Lipinski definition) is 2. The molecule has 0 aliphatic heterocycles. The quantitative estimate of drug-likeness (QED) is 0.388. The number of aldehydes is 1. The van der Waals surface area contributed by atoms with Crippen molar-refractivity contribution in [3.05, 3.63) is 0 Å². The molecule has 0 aromatic rings. The molecule has 0 aromatic carbocycles. The van der Waals surface area contributed by atoms with Crippen molar-refractivity contribution in [2.75, 3.05) is 6.54 Å². The highest BCUT2D eigenvalue weighted by Crippen LogP contribution is 2.22. The SMILES string of the molecule is CCCCCCC(C)(CCCCCC)NCC=O. The van der Waals surface area contributed by atoms with Gasteiger partial charge in [-0.15, -0.1) is 0 Å². The molecule has 0 radical (unpaired) electrons. The van der Waals surface area contributed by atoms with Crippen molar-refractivity contribution in [2.45, 2.75) is 90.5 Å². The zero-order valence-electron chi connectivity index (χ0n) is 12.8. The topological polar surface area (TPSA) is 29.1 Å². The van der Waals surface area contributed by atoms with E-state index in [0.717, 1.165) is 6.29 Å². The van der Waals surface area contributed by atoms with Gasteiger partial charge < -0.3 is 10.1 Å². The number of carbonyl (C=O) groups excluding carboxylic acids is 1. The molecule has 0 atom stereocenters. The average Bonchev–Trinajstić information content (AvgIpc) is 2.38. The molecule has 0 aliphatic rings. The lowest BCUT2D eigenvalue weighted by molar-refractivity contribution is -0.107. The molecule has 0 bridgehead atoms. The number of unbranched alkanes of at least 4 members (excludes halogenated alkanes) is 6. The van der Waals surface area contributed by atoms with Crippen LogP contribution in [0, 0.1) is 0 Å². The fourth-order valence-corrected chi connectivity index (χ4v) is 2.47. The molecule has 0 heterocycles. The van der Waals surface area contributed by atoms with Crippen LogP contribution >= 0.6 is 0 Å². The van der Waals surface area contributed by atoms with E-state index in [-0.39, 0.29) is 5.54 Å². The zero-order chi connectivity index (χ0) is 13.7. The van der Waals surface area contributed by atoms with Crippen LogP contribution in [0.25, 0.3) is 0 Å². The number of nitrogens with one attached hydrogen (secondary N) is 1. The van der Waals surface area contributed by atoms with Gasteiger partial charge in [0.15, 0.2) is 0 Å². The fraction of sp³-hybridized carbons (Fsp3) is 0.938. The fourth-order valence-electron chi connectivity index (χ4n) is 2.47. The van der Waals surface area contributed by atoms with Crippen LogP contribution in [0.15, 0.2) is 0 Å². The minimum Gasteiger partial charge on any atom is -0.305 e. The van der Waals surface area contributed by atoms with Gasteiger partial charge >= 0.3 is 0 Å². The van der Waals surface area contributed by atoms with E-state index in [2.05, 4.69) is 26.1 Å². The maximum absolute atomic E-state index is 10.5. The highest BCUT2D eigenvalue weighted by molar-refractivity contribution is 5.52. The lowest BCUT2D eigenvalue weighted by Gasteiger charge is -2.30. The van der Waals surface area contributed by atoms with Crippen molar-refractivity contribution in [3.8, 4) is 0 Å². The standard InChI is InChI=1S/C16H33NO/c1-4-6-8-10-12-16(3,17-14-15-18)13-11-9-7-5-2/h15,17H,4-14H2,1-3H3. The Balaban J connectivity index is 3.94. The normalized spacial score (nSPS) is 11.7. The van der Waals surface area contributed by atoms with Crippen LogP contribution in [0.4, 0.5) is 0 Å². The summed E-state index contributed by atoms with van der Waals surface area (Å²) in [5.41, 5.74) is 0.169. The molecule has 0 aliphatic carbocycles. The van der Waals surface area contributed by atoms with Crippen LogP contribution in [-0.4, -0.2) is 18.4 Å². The monoisotopic (exact) mass is 255 g/mol. The summed E-state index contributed by atoms with van der Waals surface area (Å²) in [6.07, 6.45) is 13.8. The molecule has 0 unspecified atom stereocenters. The lowest BCUT2D eigenvalue weighted by Crippen LogP contribution is -2.43. The summed E-state index contributed by atoms with van der Waals surface area (Å²) in [5.74, 6) is 0. The third-order valence-corrected chi connectivity index (χ3v) is 3.78. The second-order valence-electron chi connectivity index (χ2n) is 5.73. The molecule has 1 N–H and O–H groups in total. The van der Waals surface area contributed by atoms with Gasteiger partial charge in [-0.25, -0.2) is 0 Å². The summed E-state index contributed by atoms with van der Waals surface area (Å²) >= 11 is 0. The molecule has 0 fully saturated rings. The summed E-state index contributed by atoms with van der Waals surface area (Å²) in [6.45, 7) is 7.27. The van der Waals surface area contributed by atoms with Gasteiger partial charge in [0.1, 0.15) is 6.29 Å². The highest BCUT2D eigenvalue weighted by atomic mass is 16.1. The average molecular weight is 255 g/mol. The van der Waals surface area contributed by atoms with Crippen molar-refractivity contribution >= 4 is 6.29 Å². The van der Waals surface area contributed by atoms with Crippen LogP contribution in [0.5, 0.6) is 0 Å². The molecule has 0 saturated carbocycles. The Morgan fingerprint density at radius 3 is 1.78 bits per heavy atom. The summed E-state index contributed by atoms with van der Waals surface area (Å²) in [6, 6.07) is 0. The van der Waals surface area contributed by atoms with E-state index in [0.29, 0.717) is 6.54 Å². The smallest absolute Gasteiger partial charge is 0.133 e. The molecule has 0 spiro atoms. The molecule has 0 aromatic heterocycles. The van der Waals surface area contributed by atoms with Gasteiger partial charge in [0.25, 0.3) is 0 Å². The molecular formula is C16H33NO. The Hall–Kier alpha value is -0.370. The molecule has 0 amide bonds. The van der Waals surface area contributed by atoms with Gasteiger partial charge in [0.05, 0.1) is 6.54 Å². The second-order valence-corrected chi connectivity index (χ2v) is 5.73. The molecule has 0 rings (SSSR count). The maximum Gasteiger partial charge on any atom is 0.133 e. The van der Waals surface area contributed by atoms with E-state index in [1.807, 2.05) is 0 Å². The van der Waals surface area contributed by atoms with Gasteiger partial charge in [0, 0.05) is 5.54 Å². The Kier molecular flexibility index (Phi) is 11.5. The Bertz CT molecular complexity index is 180. The highest BCUT2D eigenvalue weighted by Gasteiger charge is 2.21. The van der Waals surface area contributed by atoms with Crippen molar-refractivity contribution < 1.29 is 4.79 Å². The minimum absolute atomic E-state index is 0.169. The van der Waals surface area contributed by atoms with E-state index >= 15 is 0 Å². The first-order valence-electron chi connectivity index (χ1n) is 7.87. The zero-order valence-corrected chi connectivity index (χ0v) is 12.8. The number of carbonyl (C=O) groups is 1. The largest absolute Gasteiger partial charge is 0.305 e. The molecule has 0 saturated heterocycles. The number of rotatable bonds is 13. The predicted molar refractivity (Wildman–Crippen MR) is 80.0 cm³/mol. The van der Waals surface area contributed by atoms with Crippen LogP contribution in [0.2, 0.25) is 0 Å². The minimum atomic E-state index is 0.169. The molecule has 2 heteroatoms. The maximum atomic E-state index is 10.5. The molecular weight excluding hydrogens is 222 g/mol. The first kappa shape index (κ1) is 17.6. The van der Waals surface area contributed by atoms with Crippen LogP contribution in [0.3, 0.4) is 0 Å². The van der Waals surface area contributed by atoms with Crippen LogP contribution in [0.1, 0.15) is 85.0 Å². The van der Waals surface area contributed by atoms with E-state index in [4.69, 9.17) is 0 Å². The van der Waals surface area contributed by atoms with E-state index in [1.165, 1.54) is 64.2 Å². The molecule has 108 valence electrons. The lowest BCUT2D eigenvalue weighted by atomic mass is 9.88. The third-order valence-electron chi connectivity index (χ3n) is 3.78. The summed E-state index contributed by atoms with van der Waals surface area (Å²) in [4.78, 5) is 10.5. The van der Waals surface area contributed by atoms with Gasteiger partial charge in [-0.1, -0.05) is 65.2 Å². The first-order valence-corrected chi connectivity index (χ1v) is 7.87. The summed E-state index contributed by atoms with van der Waals surface area (Å²) in [5, 5.41) is 3.43. The van der Waals surface area contributed by atoms with Crippen molar-refractivity contribution in [1.29, 1.82) is 0 Å². The van der Waals surface area contributed by atoms with Gasteiger partial charge in [-0.05, 0) is 19.8 Å². The van der Waals surface area contributed by atoms with E-state index in [1.54, 1.807) is 0 Å². The van der Waals surface area contributed by atoms with Gasteiger partial charge in [0.2, 0.25) is 0 Å². The summed E-state index contributed by atoms with van der Waals surface area (Å²) in [7, 11) is 0. The summed E-state index contributed by atoms with van der Waals surface area (Å²) < 4.78 is 0. The van der Waals surface area contributed by atoms with Crippen LogP contribution in [-0.2, 0) is 4.79 Å². The predicted octanol–water partition coefficient (Wildman–Crippen LogP) is 4.47. The Morgan fingerprint density at radius 2 is 1.39 bits per heavy atom. The third kappa shape index (κ3) is 9.64. The van der Waals surface area contributed by atoms with Crippen molar-refractivity contribution in [3.63, 3.8) is 0 Å². The first-order chi connectivity index (χ1) is 8.68. The second kappa shape index (κ2) is 11.7. The van der Waals surface area contributed by atoms with Crippen LogP contribution < -0.4 is 5.32 Å². The van der Waals surface area contributed by atoms with Gasteiger partial charge in [-0.2, -0.15) is 0 Å². The van der Waals surface area contributed by atoms with E-state index in [9.17, 15) is 4.79 Å². The Labute approximate surface area is 114 Å². The molecule has 18 heavy (non-hydrogen) atoms. The Morgan fingerprint density at radius 1 is 0.889 bits per heavy atom. The number of hydrogen-bond donors (Lipinski definition) is 1. The van der Waals surface area contributed by atoms with Crippen molar-refractivity contribution in [1.82, 2.24) is 5.32 Å². The van der Waals surface area contributed by atoms with E-state index < -0.39 is 0 Å². The van der Waals surface area contributed by atoms with Crippen molar-refractivity contribution in [2.24, 2.45) is 0 Å². The van der Waals surface area contributed by atoms with Gasteiger partial charge in [-0.3, -0.25) is 0 Å². The molecule has 2 nitrogen and oxygen atoms in total.